The van der Waals surface area contributed by atoms with Crippen LogP contribution in [0, 0.1) is 19.2 Å². The normalized spacial score (nSPS) is 14.0. The molecule has 1 radical (unpaired) electrons. The molecule has 0 aromatic heterocycles. The van der Waals surface area contributed by atoms with Gasteiger partial charge in [-0.3, -0.25) is 4.67 Å². The van der Waals surface area contributed by atoms with Gasteiger partial charge in [0.1, 0.15) is 0 Å². The SMILES string of the molecule is CC(C)N(PCl)C(C)C.C[C]1C(C)=C(C)C(C)=C1C.[C-]#[O+].[C-]#[O+].[Fe]. The molecule has 6 heteroatoms. The van der Waals surface area contributed by atoms with Crippen LogP contribution >= 0.6 is 19.3 Å². The molecule has 0 saturated heterocycles. The van der Waals surface area contributed by atoms with Crippen LogP contribution in [0.4, 0.5) is 0 Å². The number of rotatable bonds is 3. The molecule has 0 aromatic carbocycles. The van der Waals surface area contributed by atoms with E-state index in [1.807, 2.05) is 0 Å². The summed E-state index contributed by atoms with van der Waals surface area (Å²) in [4.78, 5) is 0. The summed E-state index contributed by atoms with van der Waals surface area (Å²) in [6.07, 6.45) is 0. The predicted octanol–water partition coefficient (Wildman–Crippen LogP) is 6.04. The van der Waals surface area contributed by atoms with Crippen molar-refractivity contribution in [2.24, 2.45) is 0 Å². The predicted molar refractivity (Wildman–Crippen MR) is 99.8 cm³/mol. The molecule has 1 unspecified atom stereocenters. The second kappa shape index (κ2) is 18.0. The molecule has 1 rings (SSSR count). The topological polar surface area (TPSA) is 43.0 Å². The van der Waals surface area contributed by atoms with Crippen molar-refractivity contribution < 1.29 is 26.4 Å². The van der Waals surface area contributed by atoms with Crippen molar-refractivity contribution in [1.29, 1.82) is 0 Å². The van der Waals surface area contributed by atoms with Crippen LogP contribution in [0.25, 0.3) is 0 Å². The molecule has 0 spiro atoms. The third kappa shape index (κ3) is 10.9. The molecular weight excluding hydrogens is 384 g/mol. The van der Waals surface area contributed by atoms with Gasteiger partial charge in [-0.1, -0.05) is 29.3 Å². The first-order valence-corrected chi connectivity index (χ1v) is 9.36. The molecule has 3 nitrogen and oxygen atoms in total. The summed E-state index contributed by atoms with van der Waals surface area (Å²) in [5.41, 5.74) is 5.87. The van der Waals surface area contributed by atoms with E-state index in [9.17, 15) is 0 Å². The van der Waals surface area contributed by atoms with E-state index in [4.69, 9.17) is 20.5 Å². The van der Waals surface area contributed by atoms with Crippen LogP contribution < -0.4 is 0 Å². The minimum atomic E-state index is 0. The van der Waals surface area contributed by atoms with Crippen LogP contribution in [0.5, 0.6) is 0 Å². The Morgan fingerprint density at radius 2 is 1.00 bits per heavy atom. The molecule has 139 valence electrons. The first-order chi connectivity index (χ1) is 10.6. The minimum Gasteiger partial charge on any atom is 0 e. The van der Waals surface area contributed by atoms with Crippen molar-refractivity contribution >= 4 is 19.3 Å². The Labute approximate surface area is 166 Å². The van der Waals surface area contributed by atoms with Crippen LogP contribution in [0.3, 0.4) is 0 Å². The van der Waals surface area contributed by atoms with E-state index < -0.39 is 0 Å². The largest absolute Gasteiger partial charge is 0 e. The van der Waals surface area contributed by atoms with E-state index in [1.54, 1.807) is 0 Å². The van der Waals surface area contributed by atoms with E-state index in [0.717, 1.165) is 0 Å². The van der Waals surface area contributed by atoms with Gasteiger partial charge in [-0.2, -0.15) is 0 Å². The summed E-state index contributed by atoms with van der Waals surface area (Å²) in [6.45, 7) is 28.6. The van der Waals surface area contributed by atoms with Gasteiger partial charge in [0, 0.05) is 43.2 Å². The van der Waals surface area contributed by atoms with Crippen LogP contribution in [0.1, 0.15) is 62.3 Å². The maximum absolute atomic E-state index is 7.50. The summed E-state index contributed by atoms with van der Waals surface area (Å²) in [7, 11) is 0.415. The van der Waals surface area contributed by atoms with Gasteiger partial charge in [0.25, 0.3) is 0 Å². The van der Waals surface area contributed by atoms with Crippen molar-refractivity contribution in [3.8, 4) is 0 Å². The maximum atomic E-state index is 7.50. The van der Waals surface area contributed by atoms with Gasteiger partial charge < -0.3 is 0 Å². The van der Waals surface area contributed by atoms with Gasteiger partial charge in [0.15, 0.2) is 0 Å². The fourth-order valence-corrected chi connectivity index (χ4v) is 3.76. The van der Waals surface area contributed by atoms with Gasteiger partial charge >= 0.3 is 22.6 Å². The average molecular weight is 415 g/mol. The number of halogens is 1. The second-order valence-electron chi connectivity index (χ2n) is 5.80. The molecule has 0 saturated carbocycles. The Morgan fingerprint density at radius 1 is 0.750 bits per heavy atom. The van der Waals surface area contributed by atoms with Crippen molar-refractivity contribution in [2.75, 3.05) is 0 Å². The molecule has 0 aromatic rings. The Kier molecular flexibility index (Phi) is 23.9. The van der Waals surface area contributed by atoms with E-state index in [-0.39, 0.29) is 17.1 Å². The van der Waals surface area contributed by atoms with Crippen LogP contribution in [0.2, 0.25) is 0 Å². The van der Waals surface area contributed by atoms with Gasteiger partial charge in [0.05, 0.1) is 0 Å². The summed E-state index contributed by atoms with van der Waals surface area (Å²) < 4.78 is 17.3. The van der Waals surface area contributed by atoms with Crippen molar-refractivity contribution in [2.45, 2.75) is 74.4 Å². The van der Waals surface area contributed by atoms with E-state index in [0.29, 0.717) is 20.2 Å². The molecule has 24 heavy (non-hydrogen) atoms. The van der Waals surface area contributed by atoms with E-state index >= 15 is 0 Å². The monoisotopic (exact) mass is 414 g/mol. The van der Waals surface area contributed by atoms with Gasteiger partial charge in [-0.25, -0.2) is 0 Å². The Morgan fingerprint density at radius 3 is 1.04 bits per heavy atom. The number of hydrogen-bond acceptors (Lipinski definition) is 1. The molecule has 1 atom stereocenters. The average Bonchev–Trinajstić information content (AvgIpc) is 2.70. The van der Waals surface area contributed by atoms with Gasteiger partial charge in [-0.15, -0.1) is 0 Å². The maximum Gasteiger partial charge on any atom is 0 e. The zero-order valence-corrected chi connectivity index (χ0v) is 19.0. The van der Waals surface area contributed by atoms with Crippen molar-refractivity contribution in [3.63, 3.8) is 0 Å². The third-order valence-electron chi connectivity index (χ3n) is 4.02. The second-order valence-corrected chi connectivity index (χ2v) is 7.00. The van der Waals surface area contributed by atoms with E-state index in [2.05, 4.69) is 80.3 Å². The fraction of sp³-hybridized carbons (Fsp3) is 0.611. The standard InChI is InChI=1S/C10H15.C6H15ClNP.2CO.Fe/c1-6-7(2)9(4)10(5)8(6)3;1-5(2)8(9-7)6(3)4;2*1-2;/h1-5H3;5-6,9H,1-4H3;;;. The number of nitrogens with zero attached hydrogens (tertiary/aromatic N) is 1. The molecule has 0 N–H and O–H groups in total. The molecule has 1 aliphatic rings. The molecule has 1 aliphatic carbocycles. The van der Waals surface area contributed by atoms with Gasteiger partial charge in [0.2, 0.25) is 0 Å². The Hall–Kier alpha value is 0.159. The molecule has 0 fully saturated rings. The molecule has 0 amide bonds. The molecular formula is C18H30ClFeNO2P. The van der Waals surface area contributed by atoms with Crippen LogP contribution in [-0.2, 0) is 26.4 Å². The molecule has 0 bridgehead atoms. The Balaban J connectivity index is -0.000000134. The zero-order valence-electron chi connectivity index (χ0n) is 16.1. The minimum absolute atomic E-state index is 0. The van der Waals surface area contributed by atoms with Crippen molar-refractivity contribution in [3.05, 3.63) is 41.5 Å². The van der Waals surface area contributed by atoms with Crippen LogP contribution in [0.15, 0.2) is 22.3 Å². The first kappa shape index (κ1) is 31.9. The first-order valence-electron chi connectivity index (χ1n) is 7.40. The zero-order chi connectivity index (χ0) is 19.3. The number of hydrogen-bond donors (Lipinski definition) is 0. The summed E-state index contributed by atoms with van der Waals surface area (Å²) in [6, 6.07) is 1.14. The Bertz CT molecular complexity index is 405. The quantitative estimate of drug-likeness (QED) is 0.240. The molecule has 0 heterocycles. The third-order valence-corrected chi connectivity index (χ3v) is 5.84. The fourth-order valence-electron chi connectivity index (χ4n) is 2.20. The summed E-state index contributed by atoms with van der Waals surface area (Å²) >= 11 is 5.71. The summed E-state index contributed by atoms with van der Waals surface area (Å²) in [5.74, 6) is 1.47. The smallest absolute Gasteiger partial charge is 0 e. The van der Waals surface area contributed by atoms with Crippen molar-refractivity contribution in [1.82, 2.24) is 4.67 Å². The van der Waals surface area contributed by atoms with E-state index in [1.165, 1.54) is 28.2 Å². The van der Waals surface area contributed by atoms with Crippen LogP contribution in [-0.4, -0.2) is 16.8 Å². The molecule has 0 aliphatic heterocycles. The number of allylic oxidation sites excluding steroid dienone is 4. The van der Waals surface area contributed by atoms with Gasteiger partial charge in [-0.05, 0) is 66.5 Å². The summed E-state index contributed by atoms with van der Waals surface area (Å²) in [5, 5.41) is 0.